The van der Waals surface area contributed by atoms with Gasteiger partial charge in [0.05, 0.1) is 12.6 Å². The SMILES string of the molecule is CC1CN(Cc2nccn2C(F)F)CCC1O. The zero-order valence-corrected chi connectivity index (χ0v) is 9.76. The predicted octanol–water partition coefficient (Wildman–Crippen LogP) is 1.48. The van der Waals surface area contributed by atoms with Crippen molar-refractivity contribution in [2.24, 2.45) is 5.92 Å². The van der Waals surface area contributed by atoms with E-state index in [0.717, 1.165) is 17.7 Å². The van der Waals surface area contributed by atoms with Gasteiger partial charge in [-0.2, -0.15) is 8.78 Å². The van der Waals surface area contributed by atoms with E-state index >= 15 is 0 Å². The molecular formula is C11H17F2N3O. The van der Waals surface area contributed by atoms with Crippen LogP contribution in [0.2, 0.25) is 0 Å². The summed E-state index contributed by atoms with van der Waals surface area (Å²) in [4.78, 5) is 6.01. The van der Waals surface area contributed by atoms with Gasteiger partial charge in [-0.1, -0.05) is 6.92 Å². The second kappa shape index (κ2) is 5.10. The number of rotatable bonds is 3. The van der Waals surface area contributed by atoms with Crippen molar-refractivity contribution >= 4 is 0 Å². The Bertz CT molecular complexity index is 369. The number of likely N-dealkylation sites (tertiary alicyclic amines) is 1. The van der Waals surface area contributed by atoms with Crippen molar-refractivity contribution in [3.05, 3.63) is 18.2 Å². The van der Waals surface area contributed by atoms with Crippen LogP contribution in [-0.2, 0) is 6.54 Å². The van der Waals surface area contributed by atoms with E-state index in [1.807, 2.05) is 6.92 Å². The van der Waals surface area contributed by atoms with E-state index in [1.165, 1.54) is 12.4 Å². The molecule has 0 spiro atoms. The monoisotopic (exact) mass is 245 g/mol. The maximum absolute atomic E-state index is 12.6. The highest BCUT2D eigenvalue weighted by molar-refractivity contribution is 4.93. The summed E-state index contributed by atoms with van der Waals surface area (Å²) in [7, 11) is 0. The average Bonchev–Trinajstić information content (AvgIpc) is 2.72. The maximum Gasteiger partial charge on any atom is 0.319 e. The molecule has 6 heteroatoms. The van der Waals surface area contributed by atoms with Crippen molar-refractivity contribution in [1.82, 2.24) is 14.5 Å². The fourth-order valence-electron chi connectivity index (χ4n) is 2.21. The molecule has 4 nitrogen and oxygen atoms in total. The average molecular weight is 245 g/mol. The van der Waals surface area contributed by atoms with Crippen LogP contribution >= 0.6 is 0 Å². The Morgan fingerprint density at radius 3 is 3.00 bits per heavy atom. The van der Waals surface area contributed by atoms with Gasteiger partial charge in [0.1, 0.15) is 5.82 Å². The minimum absolute atomic E-state index is 0.179. The van der Waals surface area contributed by atoms with Crippen LogP contribution in [0, 0.1) is 5.92 Å². The number of piperidine rings is 1. The summed E-state index contributed by atoms with van der Waals surface area (Å²) in [6.45, 7) is 1.28. The number of nitrogens with zero attached hydrogens (tertiary/aromatic N) is 3. The summed E-state index contributed by atoms with van der Waals surface area (Å²) in [6.07, 6.45) is 3.10. The molecule has 17 heavy (non-hydrogen) atoms. The third-order valence-corrected chi connectivity index (χ3v) is 3.27. The Hall–Kier alpha value is -1.01. The number of imidazole rings is 1. The Kier molecular flexibility index (Phi) is 3.73. The molecule has 1 aromatic heterocycles. The van der Waals surface area contributed by atoms with Crippen LogP contribution < -0.4 is 0 Å². The van der Waals surface area contributed by atoms with E-state index < -0.39 is 6.55 Å². The third-order valence-electron chi connectivity index (χ3n) is 3.27. The van der Waals surface area contributed by atoms with Gasteiger partial charge in [-0.3, -0.25) is 9.47 Å². The standard InChI is InChI=1S/C11H17F2N3O/c1-8-6-15(4-2-9(8)17)7-10-14-3-5-16(10)11(12)13/h3,5,8-9,11,17H,2,4,6-7H2,1H3. The topological polar surface area (TPSA) is 41.3 Å². The van der Waals surface area contributed by atoms with Crippen molar-refractivity contribution < 1.29 is 13.9 Å². The Morgan fingerprint density at radius 2 is 2.35 bits per heavy atom. The van der Waals surface area contributed by atoms with Crippen LogP contribution in [-0.4, -0.2) is 38.8 Å². The van der Waals surface area contributed by atoms with Crippen molar-refractivity contribution in [2.75, 3.05) is 13.1 Å². The summed E-state index contributed by atoms with van der Waals surface area (Å²) >= 11 is 0. The number of hydrogen-bond donors (Lipinski definition) is 1. The first-order valence-electron chi connectivity index (χ1n) is 5.78. The summed E-state index contributed by atoms with van der Waals surface area (Å²) in [5, 5.41) is 9.60. The van der Waals surface area contributed by atoms with Gasteiger partial charge < -0.3 is 5.11 Å². The zero-order valence-electron chi connectivity index (χ0n) is 9.76. The van der Waals surface area contributed by atoms with Crippen LogP contribution in [0.15, 0.2) is 12.4 Å². The molecule has 0 saturated carbocycles. The molecule has 0 aromatic carbocycles. The lowest BCUT2D eigenvalue weighted by molar-refractivity contribution is 0.0259. The van der Waals surface area contributed by atoms with Gasteiger partial charge >= 0.3 is 6.55 Å². The molecule has 1 aliphatic heterocycles. The van der Waals surface area contributed by atoms with Crippen LogP contribution in [0.4, 0.5) is 8.78 Å². The lowest BCUT2D eigenvalue weighted by Crippen LogP contribution is -2.41. The fourth-order valence-corrected chi connectivity index (χ4v) is 2.21. The van der Waals surface area contributed by atoms with Gasteiger partial charge in [-0.25, -0.2) is 4.98 Å². The van der Waals surface area contributed by atoms with E-state index in [4.69, 9.17) is 0 Å². The smallest absolute Gasteiger partial charge is 0.319 e. The molecule has 2 atom stereocenters. The van der Waals surface area contributed by atoms with Gasteiger partial charge in [-0.15, -0.1) is 0 Å². The minimum Gasteiger partial charge on any atom is -0.393 e. The number of aromatic nitrogens is 2. The van der Waals surface area contributed by atoms with Crippen LogP contribution in [0.25, 0.3) is 0 Å². The zero-order chi connectivity index (χ0) is 12.4. The molecular weight excluding hydrogens is 228 g/mol. The molecule has 0 aliphatic carbocycles. The second-order valence-electron chi connectivity index (χ2n) is 4.60. The van der Waals surface area contributed by atoms with Gasteiger partial charge in [0.25, 0.3) is 0 Å². The molecule has 1 aliphatic rings. The van der Waals surface area contributed by atoms with Crippen LogP contribution in [0.5, 0.6) is 0 Å². The first-order valence-corrected chi connectivity index (χ1v) is 5.78. The quantitative estimate of drug-likeness (QED) is 0.877. The van der Waals surface area contributed by atoms with Gasteiger partial charge in [0, 0.05) is 25.5 Å². The van der Waals surface area contributed by atoms with E-state index in [0.29, 0.717) is 18.8 Å². The normalized spacial score (nSPS) is 26.6. The molecule has 0 radical (unpaired) electrons. The molecule has 1 N–H and O–H groups in total. The number of alkyl halides is 2. The molecule has 2 unspecified atom stereocenters. The molecule has 1 fully saturated rings. The Balaban J connectivity index is 1.99. The van der Waals surface area contributed by atoms with Crippen LogP contribution in [0.1, 0.15) is 25.7 Å². The number of aliphatic hydroxyl groups is 1. The predicted molar refractivity (Wildman–Crippen MR) is 58.5 cm³/mol. The van der Waals surface area contributed by atoms with Crippen molar-refractivity contribution in [1.29, 1.82) is 0 Å². The van der Waals surface area contributed by atoms with Crippen molar-refractivity contribution in [3.8, 4) is 0 Å². The largest absolute Gasteiger partial charge is 0.393 e. The van der Waals surface area contributed by atoms with Gasteiger partial charge in [0.2, 0.25) is 0 Å². The first kappa shape index (κ1) is 12.4. The molecule has 0 amide bonds. The maximum atomic E-state index is 12.6. The third kappa shape index (κ3) is 2.81. The summed E-state index contributed by atoms with van der Waals surface area (Å²) < 4.78 is 26.1. The lowest BCUT2D eigenvalue weighted by atomic mass is 9.97. The highest BCUT2D eigenvalue weighted by Crippen LogP contribution is 2.19. The Morgan fingerprint density at radius 1 is 1.59 bits per heavy atom. The Labute approximate surface area is 98.9 Å². The van der Waals surface area contributed by atoms with Gasteiger partial charge in [-0.05, 0) is 12.3 Å². The molecule has 2 heterocycles. The molecule has 1 saturated heterocycles. The fraction of sp³-hybridized carbons (Fsp3) is 0.727. The van der Waals surface area contributed by atoms with E-state index in [-0.39, 0.29) is 12.0 Å². The van der Waals surface area contributed by atoms with E-state index in [1.54, 1.807) is 0 Å². The van der Waals surface area contributed by atoms with Gasteiger partial charge in [0.15, 0.2) is 0 Å². The van der Waals surface area contributed by atoms with E-state index in [2.05, 4.69) is 9.88 Å². The molecule has 96 valence electrons. The minimum atomic E-state index is -2.54. The van der Waals surface area contributed by atoms with Crippen molar-refractivity contribution in [2.45, 2.75) is 32.5 Å². The molecule has 0 bridgehead atoms. The van der Waals surface area contributed by atoms with E-state index in [9.17, 15) is 13.9 Å². The molecule has 1 aromatic rings. The number of aliphatic hydroxyl groups excluding tert-OH is 1. The summed E-state index contributed by atoms with van der Waals surface area (Å²) in [5.41, 5.74) is 0. The lowest BCUT2D eigenvalue weighted by Gasteiger charge is -2.34. The summed E-state index contributed by atoms with van der Waals surface area (Å²) in [6, 6.07) is 0. The highest BCUT2D eigenvalue weighted by Gasteiger charge is 2.25. The van der Waals surface area contributed by atoms with Crippen LogP contribution in [0.3, 0.4) is 0 Å². The first-order chi connectivity index (χ1) is 8.08. The summed E-state index contributed by atoms with van der Waals surface area (Å²) in [5.74, 6) is 0.558. The number of hydrogen-bond acceptors (Lipinski definition) is 3. The van der Waals surface area contributed by atoms with Crippen molar-refractivity contribution in [3.63, 3.8) is 0 Å². The highest BCUT2D eigenvalue weighted by atomic mass is 19.3. The molecule has 2 rings (SSSR count). The second-order valence-corrected chi connectivity index (χ2v) is 4.60. The number of halogens is 2.